The molecule has 30 heavy (non-hydrogen) atoms. The van der Waals surface area contributed by atoms with Crippen molar-refractivity contribution < 1.29 is 9.53 Å². The van der Waals surface area contributed by atoms with Crippen molar-refractivity contribution in [3.8, 4) is 5.75 Å². The minimum absolute atomic E-state index is 0.211. The van der Waals surface area contributed by atoms with E-state index in [1.807, 2.05) is 12.1 Å². The summed E-state index contributed by atoms with van der Waals surface area (Å²) in [5.41, 5.74) is 0.142. The molecular weight excluding hydrogens is 384 g/mol. The summed E-state index contributed by atoms with van der Waals surface area (Å²) in [5.74, 6) is 1.30. The summed E-state index contributed by atoms with van der Waals surface area (Å²) in [6.07, 6.45) is 6.24. The lowest BCUT2D eigenvalue weighted by atomic mass is 10.0. The molecule has 0 bridgehead atoms. The van der Waals surface area contributed by atoms with Crippen LogP contribution < -0.4 is 20.6 Å². The van der Waals surface area contributed by atoms with Gasteiger partial charge in [-0.15, -0.1) is 5.10 Å². The second-order valence-electron chi connectivity index (χ2n) is 7.40. The number of hydrogen-bond acceptors (Lipinski definition) is 6. The van der Waals surface area contributed by atoms with E-state index in [0.29, 0.717) is 23.3 Å². The number of fused-ring (bicyclic) bond motifs is 1. The first-order chi connectivity index (χ1) is 14.6. The Morgan fingerprint density at radius 1 is 1.27 bits per heavy atom. The molecule has 0 aliphatic carbocycles. The molecule has 1 fully saturated rings. The molecule has 0 radical (unpaired) electrons. The summed E-state index contributed by atoms with van der Waals surface area (Å²) in [4.78, 5) is 32.0. The average Bonchev–Trinajstić information content (AvgIpc) is 3.08. The van der Waals surface area contributed by atoms with Crippen LogP contribution >= 0.6 is 0 Å². The third kappa shape index (κ3) is 3.87. The first kappa shape index (κ1) is 19.9. The van der Waals surface area contributed by atoms with Gasteiger partial charge in [0.1, 0.15) is 18.1 Å². The quantitative estimate of drug-likeness (QED) is 0.670. The fraction of sp³-hybridized carbons (Fsp3) is 0.429. The van der Waals surface area contributed by atoms with Crippen molar-refractivity contribution in [2.45, 2.75) is 45.2 Å². The topological polar surface area (TPSA) is 93.8 Å². The summed E-state index contributed by atoms with van der Waals surface area (Å²) < 4.78 is 7.73. The Labute approximate surface area is 174 Å². The van der Waals surface area contributed by atoms with Crippen molar-refractivity contribution in [3.63, 3.8) is 0 Å². The van der Waals surface area contributed by atoms with Crippen LogP contribution in [0.4, 0.5) is 11.5 Å². The Morgan fingerprint density at radius 3 is 2.90 bits per heavy atom. The number of benzene rings is 1. The third-order valence-corrected chi connectivity index (χ3v) is 5.51. The fourth-order valence-electron chi connectivity index (χ4n) is 3.96. The zero-order valence-corrected chi connectivity index (χ0v) is 17.2. The molecule has 3 heterocycles. The van der Waals surface area contributed by atoms with Gasteiger partial charge in [-0.05, 0) is 43.9 Å². The smallest absolute Gasteiger partial charge is 0.352 e. The Morgan fingerprint density at radius 2 is 2.10 bits per heavy atom. The van der Waals surface area contributed by atoms with Crippen molar-refractivity contribution in [1.82, 2.24) is 19.2 Å². The van der Waals surface area contributed by atoms with Gasteiger partial charge in [0, 0.05) is 18.8 Å². The van der Waals surface area contributed by atoms with E-state index in [0.717, 1.165) is 36.3 Å². The molecule has 158 valence electrons. The van der Waals surface area contributed by atoms with E-state index in [9.17, 15) is 9.59 Å². The summed E-state index contributed by atoms with van der Waals surface area (Å²) in [6.45, 7) is 2.92. The Hall–Kier alpha value is -3.36. The van der Waals surface area contributed by atoms with Gasteiger partial charge in [0.25, 0.3) is 5.78 Å². The number of hydrogen-bond donors (Lipinski definition) is 1. The highest BCUT2D eigenvalue weighted by Gasteiger charge is 2.23. The Balaban J connectivity index is 1.55. The molecule has 4 rings (SSSR count). The number of rotatable bonds is 6. The van der Waals surface area contributed by atoms with E-state index in [1.165, 1.54) is 17.9 Å². The van der Waals surface area contributed by atoms with Crippen LogP contribution in [0.1, 0.15) is 32.6 Å². The molecule has 9 heteroatoms. The predicted octanol–water partition coefficient (Wildman–Crippen LogP) is 2.31. The van der Waals surface area contributed by atoms with Crippen LogP contribution in [0.25, 0.3) is 5.78 Å². The lowest BCUT2D eigenvalue weighted by molar-refractivity contribution is -0.117. The highest BCUT2D eigenvalue weighted by Crippen LogP contribution is 2.25. The molecule has 3 aromatic rings. The molecule has 1 saturated heterocycles. The minimum atomic E-state index is -0.398. The molecule has 1 aromatic carbocycles. The number of methoxy groups -OCH3 is 1. The zero-order valence-electron chi connectivity index (χ0n) is 17.2. The van der Waals surface area contributed by atoms with Gasteiger partial charge in [-0.1, -0.05) is 19.1 Å². The van der Waals surface area contributed by atoms with E-state index in [1.54, 1.807) is 24.4 Å². The molecule has 9 nitrogen and oxygen atoms in total. The number of nitrogens with zero attached hydrogens (tertiary/aromatic N) is 5. The maximum absolute atomic E-state index is 12.7. The molecule has 1 amide bonds. The number of anilines is 2. The normalized spacial score (nSPS) is 16.6. The van der Waals surface area contributed by atoms with Gasteiger partial charge in [0.15, 0.2) is 0 Å². The first-order valence-corrected chi connectivity index (χ1v) is 10.3. The highest BCUT2D eigenvalue weighted by molar-refractivity contribution is 5.92. The monoisotopic (exact) mass is 410 g/mol. The number of piperidine rings is 1. The lowest BCUT2D eigenvalue weighted by Gasteiger charge is -2.36. The second kappa shape index (κ2) is 8.56. The Kier molecular flexibility index (Phi) is 5.69. The summed E-state index contributed by atoms with van der Waals surface area (Å²) in [7, 11) is 1.53. The summed E-state index contributed by atoms with van der Waals surface area (Å²) in [6, 6.07) is 9.40. The fourth-order valence-corrected chi connectivity index (χ4v) is 3.96. The molecule has 1 N–H and O–H groups in total. The standard InChI is InChI=1S/C21H26N6O3/c1-3-15-8-6-7-12-25(15)18-11-13-26-20(23-18)24-27(21(26)29)14-19(28)22-16-9-4-5-10-17(16)30-2/h4-5,9-11,13,15H,3,6-8,12,14H2,1-2H3,(H,22,28). The van der Waals surface area contributed by atoms with E-state index in [-0.39, 0.29) is 12.5 Å². The van der Waals surface area contributed by atoms with Gasteiger partial charge in [0.2, 0.25) is 5.91 Å². The third-order valence-electron chi connectivity index (χ3n) is 5.51. The molecule has 1 aliphatic rings. The van der Waals surface area contributed by atoms with Crippen molar-refractivity contribution in [3.05, 3.63) is 47.0 Å². The minimum Gasteiger partial charge on any atom is -0.495 e. The molecule has 2 aromatic heterocycles. The molecular formula is C21H26N6O3. The molecule has 1 unspecified atom stereocenters. The van der Waals surface area contributed by atoms with Crippen LogP contribution in [0.5, 0.6) is 5.75 Å². The molecule has 1 aliphatic heterocycles. The van der Waals surface area contributed by atoms with Gasteiger partial charge < -0.3 is 15.0 Å². The number of amides is 1. The van der Waals surface area contributed by atoms with E-state index in [2.05, 4.69) is 27.2 Å². The van der Waals surface area contributed by atoms with Gasteiger partial charge >= 0.3 is 5.69 Å². The van der Waals surface area contributed by atoms with Crippen LogP contribution in [0.15, 0.2) is 41.3 Å². The number of nitrogens with one attached hydrogen (secondary N) is 1. The Bertz CT molecular complexity index is 1110. The predicted molar refractivity (Wildman–Crippen MR) is 114 cm³/mol. The number of ether oxygens (including phenoxy) is 1. The number of para-hydroxylation sites is 2. The van der Waals surface area contributed by atoms with Crippen LogP contribution in [0.2, 0.25) is 0 Å². The number of carbonyl (C=O) groups is 1. The largest absolute Gasteiger partial charge is 0.495 e. The van der Waals surface area contributed by atoms with Gasteiger partial charge in [-0.3, -0.25) is 4.79 Å². The number of aromatic nitrogens is 4. The number of carbonyl (C=O) groups excluding carboxylic acids is 1. The van der Waals surface area contributed by atoms with Crippen LogP contribution in [-0.4, -0.2) is 44.8 Å². The van der Waals surface area contributed by atoms with Gasteiger partial charge in [-0.25, -0.2) is 13.9 Å². The average molecular weight is 410 g/mol. The zero-order chi connectivity index (χ0) is 21.1. The van der Waals surface area contributed by atoms with Crippen molar-refractivity contribution in [2.24, 2.45) is 0 Å². The van der Waals surface area contributed by atoms with Crippen LogP contribution in [-0.2, 0) is 11.3 Å². The van der Waals surface area contributed by atoms with Gasteiger partial charge in [0.05, 0.1) is 12.8 Å². The van der Waals surface area contributed by atoms with Crippen LogP contribution in [0, 0.1) is 0 Å². The lowest BCUT2D eigenvalue weighted by Crippen LogP contribution is -2.39. The van der Waals surface area contributed by atoms with Crippen molar-refractivity contribution in [2.75, 3.05) is 23.9 Å². The first-order valence-electron chi connectivity index (χ1n) is 10.3. The van der Waals surface area contributed by atoms with Crippen molar-refractivity contribution >= 4 is 23.2 Å². The van der Waals surface area contributed by atoms with Crippen LogP contribution in [0.3, 0.4) is 0 Å². The summed E-state index contributed by atoms with van der Waals surface area (Å²) >= 11 is 0. The van der Waals surface area contributed by atoms with E-state index >= 15 is 0 Å². The van der Waals surface area contributed by atoms with E-state index in [4.69, 9.17) is 4.74 Å². The SMILES string of the molecule is CCC1CCCCN1c1ccn2c(=O)n(CC(=O)Nc3ccccc3OC)nc2n1. The molecule has 0 saturated carbocycles. The van der Waals surface area contributed by atoms with Gasteiger partial charge in [-0.2, -0.15) is 4.98 Å². The maximum atomic E-state index is 12.7. The molecule has 1 atom stereocenters. The maximum Gasteiger partial charge on any atom is 0.352 e. The highest BCUT2D eigenvalue weighted by atomic mass is 16.5. The second-order valence-corrected chi connectivity index (χ2v) is 7.40. The summed E-state index contributed by atoms with van der Waals surface area (Å²) in [5, 5.41) is 7.04. The molecule has 0 spiro atoms. The van der Waals surface area contributed by atoms with E-state index < -0.39 is 5.69 Å². The van der Waals surface area contributed by atoms with Crippen molar-refractivity contribution in [1.29, 1.82) is 0 Å².